The van der Waals surface area contributed by atoms with Crippen LogP contribution in [0.4, 0.5) is 0 Å². The van der Waals surface area contributed by atoms with Crippen LogP contribution < -0.4 is 5.32 Å². The third-order valence-electron chi connectivity index (χ3n) is 1.15. The average Bonchev–Trinajstić information content (AvgIpc) is 1.85. The first-order valence-corrected chi connectivity index (χ1v) is 3.96. The number of nitrogens with one attached hydrogen (secondary N) is 1. The van der Waals surface area contributed by atoms with E-state index in [1.807, 2.05) is 13.8 Å². The molecule has 0 aliphatic rings. The smallest absolute Gasteiger partial charge is 0.0607 e. The van der Waals surface area contributed by atoms with Crippen LogP contribution in [0.25, 0.3) is 0 Å². The van der Waals surface area contributed by atoms with Gasteiger partial charge in [-0.05, 0) is 13.8 Å². The highest BCUT2D eigenvalue weighted by Gasteiger charge is 2.14. The van der Waals surface area contributed by atoms with E-state index in [9.17, 15) is 0 Å². The maximum atomic E-state index is 8.80. The molecule has 0 aromatic carbocycles. The molecule has 10 heavy (non-hydrogen) atoms. The van der Waals surface area contributed by atoms with Gasteiger partial charge in [-0.25, -0.2) is 0 Å². The first-order chi connectivity index (χ1) is 4.48. The second kappa shape index (κ2) is 4.11. The second-order valence-corrected chi connectivity index (χ2v) is 4.03. The van der Waals surface area contributed by atoms with Crippen LogP contribution in [0.2, 0.25) is 0 Å². The minimum atomic E-state index is -0.212. The molecule has 0 bridgehead atoms. The molecule has 3 heteroatoms. The Balaban J connectivity index is 3.56. The predicted molar refractivity (Wildman–Crippen MR) is 47.2 cm³/mol. The first kappa shape index (κ1) is 10.1. The summed E-state index contributed by atoms with van der Waals surface area (Å²) in [6, 6.07) is 0. The number of hydrogen-bond acceptors (Lipinski definition) is 2. The molecule has 0 aromatic rings. The van der Waals surface area contributed by atoms with Crippen molar-refractivity contribution in [2.75, 3.05) is 13.2 Å². The number of hydrogen-bond donors (Lipinski definition) is 2. The fourth-order valence-electron chi connectivity index (χ4n) is 0.391. The van der Waals surface area contributed by atoms with Gasteiger partial charge in [0.15, 0.2) is 0 Å². The van der Waals surface area contributed by atoms with E-state index in [2.05, 4.69) is 27.8 Å². The molecule has 0 fully saturated rings. The summed E-state index contributed by atoms with van der Waals surface area (Å²) in [5.41, 5.74) is -0.212. The summed E-state index contributed by atoms with van der Waals surface area (Å²) in [7, 11) is 0. The topological polar surface area (TPSA) is 32.3 Å². The number of aliphatic hydroxyl groups is 1. The molecule has 0 spiro atoms. The maximum absolute atomic E-state index is 8.80. The lowest BCUT2D eigenvalue weighted by Gasteiger charge is -2.23. The number of halogens is 1. The summed E-state index contributed by atoms with van der Waals surface area (Å²) in [4.78, 5) is 0. The normalized spacial score (nSPS) is 11.6. The molecule has 0 saturated carbocycles. The lowest BCUT2D eigenvalue weighted by molar-refractivity contribution is 0.192. The van der Waals surface area contributed by atoms with Crippen LogP contribution in [0.5, 0.6) is 0 Å². The van der Waals surface area contributed by atoms with Gasteiger partial charge < -0.3 is 10.4 Å². The Bertz CT molecular complexity index is 123. The van der Waals surface area contributed by atoms with Crippen molar-refractivity contribution in [1.29, 1.82) is 0 Å². The van der Waals surface area contributed by atoms with E-state index in [1.54, 1.807) is 0 Å². The third kappa shape index (κ3) is 4.97. The minimum Gasteiger partial charge on any atom is -0.394 e. The quantitative estimate of drug-likeness (QED) is 0.728. The van der Waals surface area contributed by atoms with Crippen molar-refractivity contribution < 1.29 is 5.11 Å². The van der Waals surface area contributed by atoms with Crippen LogP contribution in [-0.2, 0) is 0 Å². The molecule has 60 valence electrons. The van der Waals surface area contributed by atoms with E-state index in [0.717, 1.165) is 4.48 Å². The molecule has 0 radical (unpaired) electrons. The second-order valence-electron chi connectivity index (χ2n) is 2.91. The van der Waals surface area contributed by atoms with E-state index >= 15 is 0 Å². The highest BCUT2D eigenvalue weighted by atomic mass is 79.9. The van der Waals surface area contributed by atoms with Gasteiger partial charge in [-0.3, -0.25) is 0 Å². The Labute approximate surface area is 70.5 Å². The zero-order chi connectivity index (χ0) is 8.20. The van der Waals surface area contributed by atoms with Crippen LogP contribution in [0, 0.1) is 0 Å². The van der Waals surface area contributed by atoms with Crippen LogP contribution in [-0.4, -0.2) is 23.8 Å². The molecule has 0 heterocycles. The van der Waals surface area contributed by atoms with Crippen molar-refractivity contribution >= 4 is 15.9 Å². The van der Waals surface area contributed by atoms with E-state index in [0.29, 0.717) is 6.54 Å². The van der Waals surface area contributed by atoms with Crippen LogP contribution in [0.1, 0.15) is 13.8 Å². The SMILES string of the molecule is C=C(Br)CNC(C)(C)CO. The summed E-state index contributed by atoms with van der Waals surface area (Å²) < 4.78 is 0.897. The monoisotopic (exact) mass is 207 g/mol. The Morgan fingerprint density at radius 1 is 1.70 bits per heavy atom. The van der Waals surface area contributed by atoms with Crippen LogP contribution >= 0.6 is 15.9 Å². The molecule has 0 saturated heterocycles. The van der Waals surface area contributed by atoms with Gasteiger partial charge in [0, 0.05) is 16.6 Å². The van der Waals surface area contributed by atoms with Gasteiger partial charge in [-0.1, -0.05) is 22.5 Å². The molecule has 0 aromatic heterocycles. The molecule has 2 nitrogen and oxygen atoms in total. The lowest BCUT2D eigenvalue weighted by Crippen LogP contribution is -2.43. The summed E-state index contributed by atoms with van der Waals surface area (Å²) >= 11 is 3.22. The van der Waals surface area contributed by atoms with Crippen molar-refractivity contribution in [2.24, 2.45) is 0 Å². The third-order valence-corrected chi connectivity index (χ3v) is 1.43. The van der Waals surface area contributed by atoms with Crippen molar-refractivity contribution in [3.05, 3.63) is 11.1 Å². The zero-order valence-electron chi connectivity index (χ0n) is 6.45. The molecular weight excluding hydrogens is 194 g/mol. The van der Waals surface area contributed by atoms with E-state index in [4.69, 9.17) is 5.11 Å². The number of aliphatic hydroxyl groups excluding tert-OH is 1. The first-order valence-electron chi connectivity index (χ1n) is 3.17. The summed E-state index contributed by atoms with van der Waals surface area (Å²) in [6.07, 6.45) is 0. The number of rotatable bonds is 4. The average molecular weight is 208 g/mol. The molecular formula is C7H14BrNO. The van der Waals surface area contributed by atoms with E-state index in [1.165, 1.54) is 0 Å². The summed E-state index contributed by atoms with van der Waals surface area (Å²) in [5.74, 6) is 0. The lowest BCUT2D eigenvalue weighted by atomic mass is 10.1. The van der Waals surface area contributed by atoms with Gasteiger partial charge in [-0.2, -0.15) is 0 Å². The van der Waals surface area contributed by atoms with Crippen LogP contribution in [0.15, 0.2) is 11.1 Å². The minimum absolute atomic E-state index is 0.132. The fraction of sp³-hybridized carbons (Fsp3) is 0.714. The maximum Gasteiger partial charge on any atom is 0.0607 e. The van der Waals surface area contributed by atoms with Crippen molar-refractivity contribution in [2.45, 2.75) is 19.4 Å². The van der Waals surface area contributed by atoms with Gasteiger partial charge in [0.05, 0.1) is 6.61 Å². The molecule has 0 atom stereocenters. The molecule has 0 amide bonds. The van der Waals surface area contributed by atoms with E-state index in [-0.39, 0.29) is 12.1 Å². The van der Waals surface area contributed by atoms with Gasteiger partial charge in [0.1, 0.15) is 0 Å². The molecule has 2 N–H and O–H groups in total. The van der Waals surface area contributed by atoms with Gasteiger partial charge in [-0.15, -0.1) is 0 Å². The molecule has 0 rings (SSSR count). The van der Waals surface area contributed by atoms with Crippen molar-refractivity contribution in [3.63, 3.8) is 0 Å². The Morgan fingerprint density at radius 3 is 2.50 bits per heavy atom. The fourth-order valence-corrected chi connectivity index (χ4v) is 0.531. The van der Waals surface area contributed by atoms with E-state index < -0.39 is 0 Å². The predicted octanol–water partition coefficient (Wildman–Crippen LogP) is 1.26. The molecule has 0 unspecified atom stereocenters. The van der Waals surface area contributed by atoms with Gasteiger partial charge in [0.2, 0.25) is 0 Å². The Kier molecular flexibility index (Phi) is 4.17. The van der Waals surface area contributed by atoms with Gasteiger partial charge in [0.25, 0.3) is 0 Å². The van der Waals surface area contributed by atoms with Gasteiger partial charge >= 0.3 is 0 Å². The highest BCUT2D eigenvalue weighted by molar-refractivity contribution is 9.11. The molecule has 0 aliphatic heterocycles. The Morgan fingerprint density at radius 2 is 2.20 bits per heavy atom. The summed E-state index contributed by atoms with van der Waals surface area (Å²) in [5, 5.41) is 11.9. The zero-order valence-corrected chi connectivity index (χ0v) is 8.03. The Hall–Kier alpha value is 0.140. The van der Waals surface area contributed by atoms with Crippen molar-refractivity contribution in [3.8, 4) is 0 Å². The standard InChI is InChI=1S/C7H14BrNO/c1-6(8)4-9-7(2,3)5-10/h9-10H,1,4-5H2,2-3H3. The highest BCUT2D eigenvalue weighted by Crippen LogP contribution is 2.03. The van der Waals surface area contributed by atoms with Crippen LogP contribution in [0.3, 0.4) is 0 Å². The molecule has 0 aliphatic carbocycles. The largest absolute Gasteiger partial charge is 0.394 e. The summed E-state index contributed by atoms with van der Waals surface area (Å²) in [6.45, 7) is 8.35. The van der Waals surface area contributed by atoms with Crippen molar-refractivity contribution in [1.82, 2.24) is 5.32 Å².